The lowest BCUT2D eigenvalue weighted by atomic mass is 9.85. The van der Waals surface area contributed by atoms with E-state index in [2.05, 4.69) is 20.8 Å². The summed E-state index contributed by atoms with van der Waals surface area (Å²) in [5.74, 6) is -0.600. The predicted octanol–water partition coefficient (Wildman–Crippen LogP) is 4.37. The zero-order valence-corrected chi connectivity index (χ0v) is 21.7. The minimum Gasteiger partial charge on any atom is -0.507 e. The van der Waals surface area contributed by atoms with Crippen LogP contribution in [0.15, 0.2) is 48.0 Å². The van der Waals surface area contributed by atoms with Crippen LogP contribution < -0.4 is 9.47 Å². The van der Waals surface area contributed by atoms with Crippen molar-refractivity contribution in [1.29, 1.82) is 0 Å². The molecular weight excluding hydrogens is 444 g/mol. The van der Waals surface area contributed by atoms with Gasteiger partial charge in [-0.1, -0.05) is 45.0 Å². The number of hydrogen-bond donors (Lipinski definition) is 1. The van der Waals surface area contributed by atoms with Crippen molar-refractivity contribution in [2.75, 3.05) is 41.4 Å². The Morgan fingerprint density at radius 3 is 2.17 bits per heavy atom. The minimum atomic E-state index is -0.688. The molecule has 1 aliphatic heterocycles. The van der Waals surface area contributed by atoms with Crippen molar-refractivity contribution >= 4 is 17.4 Å². The van der Waals surface area contributed by atoms with Crippen molar-refractivity contribution in [3.63, 3.8) is 0 Å². The smallest absolute Gasteiger partial charge is 0.295 e. The van der Waals surface area contributed by atoms with Crippen LogP contribution in [0.2, 0.25) is 0 Å². The molecule has 0 bridgehead atoms. The third kappa shape index (κ3) is 5.51. The molecule has 1 unspecified atom stereocenters. The highest BCUT2D eigenvalue weighted by atomic mass is 16.5. The van der Waals surface area contributed by atoms with E-state index < -0.39 is 17.7 Å². The number of methoxy groups -OCH3 is 2. The largest absolute Gasteiger partial charge is 0.507 e. The number of ketones is 1. The molecule has 1 N–H and O–H groups in total. The number of carbonyl (C=O) groups excluding carboxylic acids is 2. The van der Waals surface area contributed by atoms with Gasteiger partial charge in [-0.25, -0.2) is 0 Å². The Labute approximate surface area is 207 Å². The summed E-state index contributed by atoms with van der Waals surface area (Å²) in [6.45, 7) is 7.57. The maximum absolute atomic E-state index is 13.2. The van der Waals surface area contributed by atoms with Crippen molar-refractivity contribution < 1.29 is 24.2 Å². The van der Waals surface area contributed by atoms with Gasteiger partial charge in [0.1, 0.15) is 5.76 Å². The summed E-state index contributed by atoms with van der Waals surface area (Å²) in [5.41, 5.74) is 2.35. The van der Waals surface area contributed by atoms with Crippen molar-refractivity contribution in [3.05, 3.63) is 64.7 Å². The fourth-order valence-electron chi connectivity index (χ4n) is 4.32. The van der Waals surface area contributed by atoms with Crippen LogP contribution in [0.25, 0.3) is 5.76 Å². The van der Waals surface area contributed by atoms with Gasteiger partial charge in [0.05, 0.1) is 25.8 Å². The van der Waals surface area contributed by atoms with Crippen LogP contribution in [-0.4, -0.2) is 68.0 Å². The lowest BCUT2D eigenvalue weighted by Crippen LogP contribution is -2.32. The van der Waals surface area contributed by atoms with Crippen LogP contribution >= 0.6 is 0 Å². The van der Waals surface area contributed by atoms with Crippen molar-refractivity contribution in [2.24, 2.45) is 0 Å². The van der Waals surface area contributed by atoms with Gasteiger partial charge < -0.3 is 24.4 Å². The first-order chi connectivity index (χ1) is 16.5. The molecule has 188 valence electrons. The Bertz CT molecular complexity index is 1110. The molecule has 35 heavy (non-hydrogen) atoms. The normalized spacial score (nSPS) is 17.8. The molecule has 0 aliphatic carbocycles. The molecule has 1 atom stereocenters. The molecule has 0 radical (unpaired) electrons. The van der Waals surface area contributed by atoms with Gasteiger partial charge in [-0.05, 0) is 61.8 Å². The van der Waals surface area contributed by atoms with Gasteiger partial charge in [0, 0.05) is 12.1 Å². The Hall–Kier alpha value is -3.32. The van der Waals surface area contributed by atoms with E-state index in [4.69, 9.17) is 9.47 Å². The molecule has 7 nitrogen and oxygen atoms in total. The Balaban J connectivity index is 2.13. The molecule has 0 aromatic heterocycles. The van der Waals surface area contributed by atoms with Crippen molar-refractivity contribution in [1.82, 2.24) is 9.80 Å². The minimum absolute atomic E-state index is 0.0360. The van der Waals surface area contributed by atoms with Crippen LogP contribution in [0.5, 0.6) is 11.5 Å². The first-order valence-electron chi connectivity index (χ1n) is 11.8. The highest BCUT2D eigenvalue weighted by molar-refractivity contribution is 6.46. The summed E-state index contributed by atoms with van der Waals surface area (Å²) in [6, 6.07) is 12.2. The van der Waals surface area contributed by atoms with Gasteiger partial charge in [0.25, 0.3) is 11.7 Å². The molecule has 0 spiro atoms. The second-order valence-electron chi connectivity index (χ2n) is 10.1. The summed E-state index contributed by atoms with van der Waals surface area (Å²) in [5, 5.41) is 11.3. The second kappa shape index (κ2) is 10.5. The standard InChI is InChI=1S/C28H36N2O5/c1-28(2,3)20-12-9-18(10-13-20)24-23(26(32)27(33)30(24)16-8-15-29(4)5)25(31)19-11-14-21(34-6)22(17-19)35-7/h9-14,17,24,31H,8,15-16H2,1-7H3/b25-23+. The van der Waals surface area contributed by atoms with Gasteiger partial charge in [0.2, 0.25) is 0 Å². The lowest BCUT2D eigenvalue weighted by Gasteiger charge is -2.27. The fraction of sp³-hybridized carbons (Fsp3) is 0.429. The lowest BCUT2D eigenvalue weighted by molar-refractivity contribution is -0.139. The number of rotatable bonds is 8. The SMILES string of the molecule is COc1ccc(/C(O)=C2\C(=O)C(=O)N(CCCN(C)C)C2c2ccc(C(C)(C)C)cc2)cc1OC. The van der Waals surface area contributed by atoms with Crippen molar-refractivity contribution in [3.8, 4) is 11.5 Å². The first-order valence-corrected chi connectivity index (χ1v) is 11.8. The molecule has 3 rings (SSSR count). The average Bonchev–Trinajstić information content (AvgIpc) is 3.07. The van der Waals surface area contributed by atoms with Crippen LogP contribution in [-0.2, 0) is 15.0 Å². The molecule has 1 amide bonds. The Kier molecular flexibility index (Phi) is 7.90. The summed E-state index contributed by atoms with van der Waals surface area (Å²) >= 11 is 0. The van der Waals surface area contributed by atoms with Crippen molar-refractivity contribution in [2.45, 2.75) is 38.6 Å². The van der Waals surface area contributed by atoms with E-state index in [0.717, 1.165) is 17.7 Å². The Morgan fingerprint density at radius 1 is 1.00 bits per heavy atom. The molecule has 2 aromatic carbocycles. The van der Waals surface area contributed by atoms with Gasteiger partial charge >= 0.3 is 0 Å². The molecule has 0 saturated carbocycles. The molecule has 1 saturated heterocycles. The van der Waals surface area contributed by atoms with Crippen LogP contribution in [0.4, 0.5) is 0 Å². The number of benzene rings is 2. The zero-order chi connectivity index (χ0) is 25.9. The molecule has 2 aromatic rings. The molecule has 7 heteroatoms. The van der Waals surface area contributed by atoms with E-state index in [9.17, 15) is 14.7 Å². The third-order valence-electron chi connectivity index (χ3n) is 6.29. The topological polar surface area (TPSA) is 79.3 Å². The van der Waals surface area contributed by atoms with E-state index in [-0.39, 0.29) is 16.7 Å². The van der Waals surface area contributed by atoms with Gasteiger partial charge in [-0.2, -0.15) is 0 Å². The first kappa shape index (κ1) is 26.3. The quantitative estimate of drug-likeness (QED) is 0.343. The number of aliphatic hydroxyl groups excluding tert-OH is 1. The zero-order valence-electron chi connectivity index (χ0n) is 21.7. The maximum Gasteiger partial charge on any atom is 0.295 e. The van der Waals surface area contributed by atoms with Crippen LogP contribution in [0, 0.1) is 0 Å². The average molecular weight is 481 g/mol. The fourth-order valence-corrected chi connectivity index (χ4v) is 4.32. The Morgan fingerprint density at radius 2 is 1.63 bits per heavy atom. The number of likely N-dealkylation sites (tertiary alicyclic amines) is 1. The van der Waals surface area contributed by atoms with E-state index in [1.165, 1.54) is 14.2 Å². The van der Waals surface area contributed by atoms with Gasteiger partial charge in [-0.15, -0.1) is 0 Å². The third-order valence-corrected chi connectivity index (χ3v) is 6.29. The van der Waals surface area contributed by atoms with Crippen LogP contribution in [0.1, 0.15) is 49.9 Å². The number of nitrogens with zero attached hydrogens (tertiary/aromatic N) is 2. The second-order valence-corrected chi connectivity index (χ2v) is 10.1. The number of Topliss-reactive ketones (excluding diaryl/α,β-unsaturated/α-hetero) is 1. The van der Waals surface area contributed by atoms with E-state index in [1.54, 1.807) is 23.1 Å². The number of ether oxygens (including phenoxy) is 2. The highest BCUT2D eigenvalue weighted by Crippen LogP contribution is 2.41. The van der Waals surface area contributed by atoms with E-state index >= 15 is 0 Å². The molecular formula is C28H36N2O5. The summed E-state index contributed by atoms with van der Waals surface area (Å²) in [4.78, 5) is 30.0. The number of carbonyl (C=O) groups is 2. The summed E-state index contributed by atoms with van der Waals surface area (Å²) in [7, 11) is 6.96. The molecule has 1 heterocycles. The number of amides is 1. The maximum atomic E-state index is 13.2. The molecule has 1 fully saturated rings. The number of aliphatic hydroxyl groups is 1. The van der Waals surface area contributed by atoms with Gasteiger partial charge in [0.15, 0.2) is 11.5 Å². The van der Waals surface area contributed by atoms with Gasteiger partial charge in [-0.3, -0.25) is 9.59 Å². The van der Waals surface area contributed by atoms with Crippen LogP contribution in [0.3, 0.4) is 0 Å². The predicted molar refractivity (Wildman–Crippen MR) is 137 cm³/mol. The summed E-state index contributed by atoms with van der Waals surface area (Å²) < 4.78 is 10.7. The number of hydrogen-bond acceptors (Lipinski definition) is 6. The van der Waals surface area contributed by atoms with E-state index in [0.29, 0.717) is 30.0 Å². The monoisotopic (exact) mass is 480 g/mol. The summed E-state index contributed by atoms with van der Waals surface area (Å²) in [6.07, 6.45) is 0.701. The molecule has 1 aliphatic rings. The van der Waals surface area contributed by atoms with E-state index in [1.807, 2.05) is 43.3 Å². The highest BCUT2D eigenvalue weighted by Gasteiger charge is 2.45.